The summed E-state index contributed by atoms with van der Waals surface area (Å²) in [5.74, 6) is 0.485. The van der Waals surface area contributed by atoms with Crippen molar-refractivity contribution in [2.45, 2.75) is 46.6 Å². The number of amides is 1. The molecule has 1 aromatic rings. The lowest BCUT2D eigenvalue weighted by molar-refractivity contribution is -0.670. The normalized spacial score (nSPS) is 10.7. The summed E-state index contributed by atoms with van der Waals surface area (Å²) in [5.41, 5.74) is 0. The van der Waals surface area contributed by atoms with E-state index < -0.39 is 0 Å². The van der Waals surface area contributed by atoms with E-state index in [1.54, 1.807) is 4.57 Å². The molecule has 0 aliphatic rings. The van der Waals surface area contributed by atoms with Crippen LogP contribution in [0, 0.1) is 5.92 Å². The lowest BCUT2D eigenvalue weighted by Gasteiger charge is -2.29. The molecule has 1 aromatic heterocycles. The molecule has 0 fully saturated rings. The van der Waals surface area contributed by atoms with Gasteiger partial charge in [-0.3, -0.25) is 0 Å². The summed E-state index contributed by atoms with van der Waals surface area (Å²) in [5, 5.41) is 0. The monoisotopic (exact) mass is 379 g/mol. The summed E-state index contributed by atoms with van der Waals surface area (Å²) >= 11 is 0. The Labute approximate surface area is 133 Å². The van der Waals surface area contributed by atoms with Crippen molar-refractivity contribution >= 4 is 6.03 Å². The van der Waals surface area contributed by atoms with Gasteiger partial charge in [-0.1, -0.05) is 27.7 Å². The third-order valence-electron chi connectivity index (χ3n) is 3.18. The van der Waals surface area contributed by atoms with Gasteiger partial charge in [-0.2, -0.15) is 4.57 Å². The molecule has 0 aromatic carbocycles. The van der Waals surface area contributed by atoms with Crippen LogP contribution >= 0.6 is 0 Å². The van der Waals surface area contributed by atoms with Crippen molar-refractivity contribution < 1.29 is 33.3 Å². The molecule has 0 aliphatic heterocycles. The van der Waals surface area contributed by atoms with E-state index in [1.807, 2.05) is 35.2 Å². The molecule has 1 heterocycles. The maximum atomic E-state index is 12.5. The second-order valence-corrected chi connectivity index (χ2v) is 5.29. The third kappa shape index (κ3) is 5.12. The van der Waals surface area contributed by atoms with Gasteiger partial charge in [0.1, 0.15) is 12.4 Å². The summed E-state index contributed by atoms with van der Waals surface area (Å²) in [7, 11) is 1.92. The molecule has 0 radical (unpaired) electrons. The Hall–Kier alpha value is -0.590. The first-order chi connectivity index (χ1) is 8.49. The fraction of sp³-hybridized carbons (Fsp3) is 0.714. The Morgan fingerprint density at radius 2 is 1.89 bits per heavy atom. The smallest absolute Gasteiger partial charge is 0.416 e. The van der Waals surface area contributed by atoms with E-state index in [1.165, 1.54) is 0 Å². The Kier molecular flexibility index (Phi) is 8.29. The molecular formula is C14H26IN3O. The van der Waals surface area contributed by atoms with Crippen LogP contribution in [0.25, 0.3) is 0 Å². The van der Waals surface area contributed by atoms with Crippen molar-refractivity contribution in [3.05, 3.63) is 18.7 Å². The molecule has 0 N–H and O–H groups in total. The van der Waals surface area contributed by atoms with Gasteiger partial charge in [-0.25, -0.2) is 9.36 Å². The maximum Gasteiger partial charge on any atom is 0.416 e. The molecule has 1 amide bonds. The third-order valence-corrected chi connectivity index (χ3v) is 3.18. The molecule has 0 spiro atoms. The number of halogens is 1. The summed E-state index contributed by atoms with van der Waals surface area (Å²) in [6.45, 7) is 9.40. The van der Waals surface area contributed by atoms with Gasteiger partial charge in [0.15, 0.2) is 0 Å². The van der Waals surface area contributed by atoms with Gasteiger partial charge in [-0.15, -0.1) is 0 Å². The zero-order chi connectivity index (χ0) is 13.7. The largest absolute Gasteiger partial charge is 1.00 e. The lowest BCUT2D eigenvalue weighted by atomic mass is 10.1. The van der Waals surface area contributed by atoms with E-state index >= 15 is 0 Å². The molecule has 4 nitrogen and oxygen atoms in total. The van der Waals surface area contributed by atoms with E-state index in [2.05, 4.69) is 27.7 Å². The topological polar surface area (TPSA) is 29.1 Å². The van der Waals surface area contributed by atoms with Crippen LogP contribution < -0.4 is 28.5 Å². The summed E-state index contributed by atoms with van der Waals surface area (Å²) in [6.07, 6.45) is 7.53. The minimum atomic E-state index is 0. The van der Waals surface area contributed by atoms with Gasteiger partial charge >= 0.3 is 6.03 Å². The van der Waals surface area contributed by atoms with Crippen LogP contribution in [0.2, 0.25) is 0 Å². The second kappa shape index (κ2) is 8.55. The van der Waals surface area contributed by atoms with Crippen molar-refractivity contribution in [2.75, 3.05) is 6.54 Å². The average molecular weight is 379 g/mol. The Morgan fingerprint density at radius 1 is 1.32 bits per heavy atom. The number of hydrogen-bond acceptors (Lipinski definition) is 1. The van der Waals surface area contributed by atoms with E-state index in [-0.39, 0.29) is 30.0 Å². The summed E-state index contributed by atoms with van der Waals surface area (Å²) in [6, 6.07) is 0.408. The highest BCUT2D eigenvalue weighted by Gasteiger charge is 2.26. The van der Waals surface area contributed by atoms with Gasteiger partial charge in [0.2, 0.25) is 0 Å². The molecule has 1 rings (SSSR count). The number of carbonyl (C=O) groups excluding carboxylic acids is 1. The molecule has 19 heavy (non-hydrogen) atoms. The van der Waals surface area contributed by atoms with Crippen LogP contribution in [0.3, 0.4) is 0 Å². The van der Waals surface area contributed by atoms with Crippen molar-refractivity contribution in [3.8, 4) is 0 Å². The zero-order valence-electron chi connectivity index (χ0n) is 12.6. The van der Waals surface area contributed by atoms with Gasteiger partial charge in [0.25, 0.3) is 6.33 Å². The Morgan fingerprint density at radius 3 is 2.26 bits per heavy atom. The zero-order valence-corrected chi connectivity index (χ0v) is 14.8. The van der Waals surface area contributed by atoms with Crippen molar-refractivity contribution in [1.82, 2.24) is 9.47 Å². The average Bonchev–Trinajstić information content (AvgIpc) is 2.74. The van der Waals surface area contributed by atoms with Crippen LogP contribution in [-0.4, -0.2) is 28.1 Å². The number of imidazole rings is 1. The number of aryl methyl sites for hydroxylation is 1. The predicted octanol–water partition coefficient (Wildman–Crippen LogP) is -0.569. The lowest BCUT2D eigenvalue weighted by Crippen LogP contribution is -3.00. The van der Waals surface area contributed by atoms with Crippen LogP contribution in [0.15, 0.2) is 18.7 Å². The van der Waals surface area contributed by atoms with Crippen molar-refractivity contribution in [2.24, 2.45) is 13.0 Å². The number of nitrogens with zero attached hydrogens (tertiary/aromatic N) is 3. The number of aromatic nitrogens is 2. The second-order valence-electron chi connectivity index (χ2n) is 5.29. The van der Waals surface area contributed by atoms with Gasteiger partial charge in [0, 0.05) is 12.6 Å². The quantitative estimate of drug-likeness (QED) is 0.498. The van der Waals surface area contributed by atoms with Crippen LogP contribution in [-0.2, 0) is 7.05 Å². The molecular weight excluding hydrogens is 353 g/mol. The first-order valence-corrected chi connectivity index (χ1v) is 6.83. The fourth-order valence-corrected chi connectivity index (χ4v) is 2.22. The summed E-state index contributed by atoms with van der Waals surface area (Å²) in [4.78, 5) is 14.5. The van der Waals surface area contributed by atoms with Crippen molar-refractivity contribution in [3.63, 3.8) is 0 Å². The molecule has 0 atom stereocenters. The van der Waals surface area contributed by atoms with E-state index in [4.69, 9.17) is 0 Å². The Balaban J connectivity index is 0.00000324. The minimum Gasteiger partial charge on any atom is -1.00 e. The number of carbonyl (C=O) groups is 1. The number of rotatable bonds is 5. The molecule has 5 heteroatoms. The van der Waals surface area contributed by atoms with Crippen molar-refractivity contribution in [1.29, 1.82) is 0 Å². The Bertz CT molecular complexity index is 386. The van der Waals surface area contributed by atoms with Gasteiger partial charge in [-0.05, 0) is 18.8 Å². The highest BCUT2D eigenvalue weighted by molar-refractivity contribution is 5.76. The standard InChI is InChI=1S/C14H26N3O.HI/c1-6-13(7-2)17(10-12(3)4)14(18)16-9-8-15(5)11-16;/h8-9,11-13H,6-7,10H2,1-5H3;1H/q+1;/p-1. The van der Waals surface area contributed by atoms with Crippen LogP contribution in [0.4, 0.5) is 4.79 Å². The number of hydrogen-bond donors (Lipinski definition) is 0. The molecule has 110 valence electrons. The van der Waals surface area contributed by atoms with Gasteiger partial charge < -0.3 is 28.9 Å². The first kappa shape index (κ1) is 18.4. The maximum absolute atomic E-state index is 12.5. The first-order valence-electron chi connectivity index (χ1n) is 6.83. The van der Waals surface area contributed by atoms with E-state index in [0.717, 1.165) is 19.4 Å². The van der Waals surface area contributed by atoms with Gasteiger partial charge in [0.05, 0.1) is 7.05 Å². The molecule has 0 unspecified atom stereocenters. The molecule has 0 saturated heterocycles. The molecule has 0 aliphatic carbocycles. The highest BCUT2D eigenvalue weighted by atomic mass is 127. The summed E-state index contributed by atoms with van der Waals surface area (Å²) < 4.78 is 3.55. The van der Waals surface area contributed by atoms with E-state index in [9.17, 15) is 4.79 Å². The molecule has 0 saturated carbocycles. The molecule has 0 bridgehead atoms. The fourth-order valence-electron chi connectivity index (χ4n) is 2.22. The predicted molar refractivity (Wildman–Crippen MR) is 72.3 cm³/mol. The van der Waals surface area contributed by atoms with Crippen LogP contribution in [0.5, 0.6) is 0 Å². The SMILES string of the molecule is CCC(CC)N(CC(C)C)C(=O)n1cc[n+](C)c1.[I-]. The van der Waals surface area contributed by atoms with E-state index in [0.29, 0.717) is 12.0 Å². The minimum absolute atomic E-state index is 0. The van der Waals surface area contributed by atoms with Crippen LogP contribution in [0.1, 0.15) is 40.5 Å². The highest BCUT2D eigenvalue weighted by Crippen LogP contribution is 2.13.